The Labute approximate surface area is 183 Å². The number of carbonyl (C=O) groups excluding carboxylic acids is 1. The van der Waals surface area contributed by atoms with Crippen molar-refractivity contribution in [2.24, 2.45) is 0 Å². The second-order valence-corrected chi connectivity index (χ2v) is 10.1. The lowest BCUT2D eigenvalue weighted by molar-refractivity contribution is 0.0799. The van der Waals surface area contributed by atoms with Crippen LogP contribution in [0.25, 0.3) is 0 Å². The van der Waals surface area contributed by atoms with E-state index in [0.29, 0.717) is 22.8 Å². The zero-order chi connectivity index (χ0) is 21.8. The average molecular weight is 450 g/mol. The van der Waals surface area contributed by atoms with Crippen molar-refractivity contribution < 1.29 is 13.2 Å². The first-order chi connectivity index (χ1) is 14.2. The van der Waals surface area contributed by atoms with Gasteiger partial charge in [-0.25, -0.2) is 8.42 Å². The molecule has 8 heteroatoms. The first-order valence-corrected chi connectivity index (χ1v) is 11.9. The van der Waals surface area contributed by atoms with Crippen LogP contribution in [-0.2, 0) is 10.0 Å². The quantitative estimate of drug-likeness (QED) is 0.666. The molecule has 0 atom stereocenters. The van der Waals surface area contributed by atoms with Gasteiger partial charge in [0.15, 0.2) is 0 Å². The Balaban J connectivity index is 1.72. The molecule has 3 rings (SSSR count). The van der Waals surface area contributed by atoms with Crippen LogP contribution in [0.15, 0.2) is 53.4 Å². The number of rotatable bonds is 7. The molecule has 2 aromatic rings. The Morgan fingerprint density at radius 3 is 2.37 bits per heavy atom. The molecule has 2 aromatic carbocycles. The molecule has 0 aliphatic heterocycles. The van der Waals surface area contributed by atoms with Crippen molar-refractivity contribution in [3.8, 4) is 0 Å². The highest BCUT2D eigenvalue weighted by Crippen LogP contribution is 2.31. The lowest BCUT2D eigenvalue weighted by Gasteiger charge is -2.43. The minimum Gasteiger partial charge on any atom is -0.350 e. The van der Waals surface area contributed by atoms with Gasteiger partial charge in [0.1, 0.15) is 0 Å². The second-order valence-electron chi connectivity index (χ2n) is 8.00. The Kier molecular flexibility index (Phi) is 7.06. The van der Waals surface area contributed by atoms with Gasteiger partial charge < -0.3 is 10.2 Å². The first-order valence-electron chi connectivity index (χ1n) is 10.1. The molecule has 1 amide bonds. The Morgan fingerprint density at radius 1 is 1.07 bits per heavy atom. The van der Waals surface area contributed by atoms with Gasteiger partial charge in [0.05, 0.1) is 4.90 Å². The molecule has 0 heterocycles. The van der Waals surface area contributed by atoms with Gasteiger partial charge in [0.2, 0.25) is 0 Å². The van der Waals surface area contributed by atoms with Crippen molar-refractivity contribution in [1.29, 1.82) is 0 Å². The summed E-state index contributed by atoms with van der Waals surface area (Å²) in [5.74, 6) is -0.273. The predicted molar refractivity (Wildman–Crippen MR) is 121 cm³/mol. The fourth-order valence-electron chi connectivity index (χ4n) is 3.88. The summed E-state index contributed by atoms with van der Waals surface area (Å²) in [4.78, 5) is 15.0. The van der Waals surface area contributed by atoms with Crippen LogP contribution in [0.4, 0.5) is 5.69 Å². The molecule has 1 aliphatic carbocycles. The van der Waals surface area contributed by atoms with Gasteiger partial charge in [-0.15, -0.1) is 0 Å². The molecule has 162 valence electrons. The smallest absolute Gasteiger partial charge is 0.261 e. The van der Waals surface area contributed by atoms with Crippen LogP contribution in [0.5, 0.6) is 0 Å². The van der Waals surface area contributed by atoms with E-state index in [-0.39, 0.29) is 16.3 Å². The molecule has 0 saturated heterocycles. The zero-order valence-corrected chi connectivity index (χ0v) is 18.9. The van der Waals surface area contributed by atoms with Gasteiger partial charge in [-0.05, 0) is 69.4 Å². The summed E-state index contributed by atoms with van der Waals surface area (Å²) in [7, 11) is 0.273. The molecular formula is C22H28ClN3O3S. The Morgan fingerprint density at radius 2 is 1.73 bits per heavy atom. The molecule has 0 bridgehead atoms. The highest BCUT2D eigenvalue weighted by atomic mass is 35.5. The molecule has 1 saturated carbocycles. The van der Waals surface area contributed by atoms with Crippen molar-refractivity contribution in [2.45, 2.75) is 42.5 Å². The number of nitrogens with zero attached hydrogens (tertiary/aromatic N) is 1. The number of hydrogen-bond acceptors (Lipinski definition) is 4. The third kappa shape index (κ3) is 5.33. The molecule has 1 aliphatic rings. The average Bonchev–Trinajstić information content (AvgIpc) is 2.74. The largest absolute Gasteiger partial charge is 0.350 e. The van der Waals surface area contributed by atoms with Gasteiger partial charge >= 0.3 is 0 Å². The number of likely N-dealkylation sites (N-methyl/N-ethyl adjacent to an activating group) is 1. The van der Waals surface area contributed by atoms with Crippen molar-refractivity contribution in [2.75, 3.05) is 25.4 Å². The van der Waals surface area contributed by atoms with E-state index in [1.54, 1.807) is 36.4 Å². The minimum atomic E-state index is -3.82. The van der Waals surface area contributed by atoms with Crippen LogP contribution < -0.4 is 10.0 Å². The number of halogens is 1. The maximum Gasteiger partial charge on any atom is 0.261 e. The zero-order valence-electron chi connectivity index (χ0n) is 17.3. The van der Waals surface area contributed by atoms with E-state index in [2.05, 4.69) is 14.9 Å². The fourth-order valence-corrected chi connectivity index (χ4v) is 5.11. The fraction of sp³-hybridized carbons (Fsp3) is 0.409. The molecule has 2 N–H and O–H groups in total. The monoisotopic (exact) mass is 449 g/mol. The number of hydrogen-bond donors (Lipinski definition) is 2. The molecule has 1 fully saturated rings. The van der Waals surface area contributed by atoms with Crippen LogP contribution in [0, 0.1) is 0 Å². The van der Waals surface area contributed by atoms with E-state index < -0.39 is 10.0 Å². The van der Waals surface area contributed by atoms with E-state index in [0.717, 1.165) is 25.7 Å². The number of benzene rings is 2. The van der Waals surface area contributed by atoms with E-state index in [9.17, 15) is 13.2 Å². The standard InChI is InChI=1S/C22H28ClN3O3S/c1-26(2)22(13-4-3-5-14-22)16-24-21(27)17-7-6-8-20(15-17)30(28,29)25-19-11-9-18(23)10-12-19/h6-12,15,25H,3-5,13-14,16H2,1-2H3,(H,24,27). The summed E-state index contributed by atoms with van der Waals surface area (Å²) in [6, 6.07) is 12.5. The predicted octanol–water partition coefficient (Wildman–Crippen LogP) is 4.14. The van der Waals surface area contributed by atoms with Gasteiger partial charge in [0, 0.05) is 28.4 Å². The summed E-state index contributed by atoms with van der Waals surface area (Å²) >= 11 is 5.85. The van der Waals surface area contributed by atoms with Crippen LogP contribution in [0.1, 0.15) is 42.5 Å². The molecule has 0 radical (unpaired) electrons. The van der Waals surface area contributed by atoms with Crippen LogP contribution >= 0.6 is 11.6 Å². The summed E-state index contributed by atoms with van der Waals surface area (Å²) in [5, 5.41) is 3.53. The number of anilines is 1. The van der Waals surface area contributed by atoms with Crippen molar-refractivity contribution in [3.63, 3.8) is 0 Å². The summed E-state index contributed by atoms with van der Waals surface area (Å²) in [6.07, 6.45) is 5.61. The van der Waals surface area contributed by atoms with E-state index in [1.807, 2.05) is 14.1 Å². The molecule has 0 aromatic heterocycles. The minimum absolute atomic E-state index is 0.0325. The Bertz CT molecular complexity index is 985. The maximum absolute atomic E-state index is 12.8. The van der Waals surface area contributed by atoms with Crippen molar-refractivity contribution in [3.05, 3.63) is 59.1 Å². The number of nitrogens with one attached hydrogen (secondary N) is 2. The maximum atomic E-state index is 12.8. The molecule has 30 heavy (non-hydrogen) atoms. The summed E-state index contributed by atoms with van der Waals surface area (Å²) in [5.41, 5.74) is 0.673. The van der Waals surface area contributed by atoms with Crippen molar-refractivity contribution in [1.82, 2.24) is 10.2 Å². The topological polar surface area (TPSA) is 78.5 Å². The van der Waals surface area contributed by atoms with Crippen LogP contribution in [0.2, 0.25) is 5.02 Å². The Hall–Kier alpha value is -2.09. The molecule has 0 spiro atoms. The van der Waals surface area contributed by atoms with E-state index >= 15 is 0 Å². The van der Waals surface area contributed by atoms with Crippen molar-refractivity contribution >= 4 is 33.2 Å². The van der Waals surface area contributed by atoms with Gasteiger partial charge in [-0.2, -0.15) is 0 Å². The van der Waals surface area contributed by atoms with E-state index in [4.69, 9.17) is 11.6 Å². The number of carbonyl (C=O) groups is 1. The lowest BCUT2D eigenvalue weighted by Crippen LogP contribution is -2.53. The van der Waals surface area contributed by atoms with Gasteiger partial charge in [0.25, 0.3) is 15.9 Å². The van der Waals surface area contributed by atoms with Crippen LogP contribution in [-0.4, -0.2) is 45.4 Å². The lowest BCUT2D eigenvalue weighted by atomic mass is 9.80. The second kappa shape index (κ2) is 9.37. The summed E-state index contributed by atoms with van der Waals surface area (Å²) < 4.78 is 28.0. The molecule has 0 unspecified atom stereocenters. The highest BCUT2D eigenvalue weighted by molar-refractivity contribution is 7.92. The first kappa shape index (κ1) is 22.6. The van der Waals surface area contributed by atoms with Gasteiger partial charge in [-0.3, -0.25) is 9.52 Å². The van der Waals surface area contributed by atoms with Crippen LogP contribution in [0.3, 0.4) is 0 Å². The third-order valence-corrected chi connectivity index (χ3v) is 7.44. The molecule has 6 nitrogen and oxygen atoms in total. The SMILES string of the molecule is CN(C)C1(CNC(=O)c2cccc(S(=O)(=O)Nc3ccc(Cl)cc3)c2)CCCCC1. The van der Waals surface area contributed by atoms with Gasteiger partial charge in [-0.1, -0.05) is 36.9 Å². The normalized spacial score (nSPS) is 16.3. The number of amides is 1. The third-order valence-electron chi connectivity index (χ3n) is 5.81. The molecular weight excluding hydrogens is 422 g/mol. The highest BCUT2D eigenvalue weighted by Gasteiger charge is 2.34. The number of sulfonamides is 1. The summed E-state index contributed by atoms with van der Waals surface area (Å²) in [6.45, 7) is 0.541. The van der Waals surface area contributed by atoms with E-state index in [1.165, 1.54) is 18.6 Å².